The van der Waals surface area contributed by atoms with Gasteiger partial charge in [0.2, 0.25) is 0 Å². The molecule has 206 valence electrons. The van der Waals surface area contributed by atoms with E-state index in [9.17, 15) is 0 Å². The van der Waals surface area contributed by atoms with Crippen LogP contribution in [0.4, 0.5) is 0 Å². The van der Waals surface area contributed by atoms with Gasteiger partial charge in [0.15, 0.2) is 0 Å². The minimum atomic E-state index is -0.877. The van der Waals surface area contributed by atoms with Gasteiger partial charge in [0, 0.05) is 0 Å². The summed E-state index contributed by atoms with van der Waals surface area (Å²) in [5.74, 6) is 0. The zero-order chi connectivity index (χ0) is 25.8. The van der Waals surface area contributed by atoms with E-state index < -0.39 is 15.8 Å². The topological polar surface area (TPSA) is 0 Å². The van der Waals surface area contributed by atoms with Gasteiger partial charge in [0.25, 0.3) is 0 Å². The quantitative estimate of drug-likeness (QED) is 0.101. The molecule has 0 saturated heterocycles. The van der Waals surface area contributed by atoms with E-state index in [1.54, 1.807) is 0 Å². The van der Waals surface area contributed by atoms with Crippen molar-refractivity contribution in [3.8, 4) is 0 Å². The molecule has 0 bridgehead atoms. The van der Waals surface area contributed by atoms with Gasteiger partial charge in [-0.3, -0.25) is 0 Å². The van der Waals surface area contributed by atoms with Crippen LogP contribution in [-0.4, -0.2) is 0 Å². The fourth-order valence-corrected chi connectivity index (χ4v) is 9.78. The Labute approximate surface area is 262 Å². The second kappa shape index (κ2) is 18.3. The van der Waals surface area contributed by atoms with E-state index in [1.165, 1.54) is 31.8 Å². The molecule has 6 aromatic carbocycles. The van der Waals surface area contributed by atoms with Crippen molar-refractivity contribution in [1.29, 1.82) is 0 Å². The van der Waals surface area contributed by atoms with Crippen LogP contribution in [0.1, 0.15) is 0 Å². The predicted octanol–water partition coefficient (Wildman–Crippen LogP) is 7.25. The smallest absolute Gasteiger partial charge is 0.358 e. The van der Waals surface area contributed by atoms with E-state index in [-0.39, 0.29) is 34.3 Å². The molecular formula is C38H38P2Ru+2. The summed E-state index contributed by atoms with van der Waals surface area (Å²) in [6.45, 7) is 0. The fraction of sp³-hybridized carbons (Fsp3) is 0. The standard InChI is InChI=1S/2C18H15P.2CH3.Ru/c2*1-4-10-16(11-5-1)19(17-12-6-2-7-13-17)18-14-8-3-9-15-18;;;/h2*1-15H;2*1H3;/q;;2*-1;+2/p+2. The molecule has 0 aliphatic rings. The molecule has 0 nitrogen and oxygen atoms in total. The largest absolute Gasteiger partial charge is 2.00 e. The molecular weight excluding hydrogens is 619 g/mol. The van der Waals surface area contributed by atoms with Crippen LogP contribution in [0.2, 0.25) is 0 Å². The summed E-state index contributed by atoms with van der Waals surface area (Å²) in [5.41, 5.74) is 0. The number of hydrogen-bond acceptors (Lipinski definition) is 0. The van der Waals surface area contributed by atoms with Crippen molar-refractivity contribution in [2.45, 2.75) is 0 Å². The Hall–Kier alpha value is -3.20. The molecule has 0 fully saturated rings. The summed E-state index contributed by atoms with van der Waals surface area (Å²) in [4.78, 5) is 0. The summed E-state index contributed by atoms with van der Waals surface area (Å²) in [5, 5.41) is 8.61. The van der Waals surface area contributed by atoms with Crippen molar-refractivity contribution >= 4 is 47.7 Å². The maximum Gasteiger partial charge on any atom is 2.00 e. The Morgan fingerprint density at radius 3 is 0.463 bits per heavy atom. The molecule has 0 radical (unpaired) electrons. The van der Waals surface area contributed by atoms with Crippen LogP contribution in [0, 0.1) is 14.9 Å². The summed E-state index contributed by atoms with van der Waals surface area (Å²) in [6, 6.07) is 65.0. The van der Waals surface area contributed by atoms with E-state index in [0.717, 1.165) is 0 Å². The van der Waals surface area contributed by atoms with E-state index in [2.05, 4.69) is 182 Å². The van der Waals surface area contributed by atoms with Crippen molar-refractivity contribution in [3.63, 3.8) is 0 Å². The third kappa shape index (κ3) is 9.42. The molecule has 0 aliphatic heterocycles. The first-order chi connectivity index (χ1) is 18.9. The molecule has 0 spiro atoms. The van der Waals surface area contributed by atoms with Crippen LogP contribution in [-0.2, 0) is 19.5 Å². The van der Waals surface area contributed by atoms with Crippen molar-refractivity contribution < 1.29 is 19.5 Å². The van der Waals surface area contributed by atoms with Crippen LogP contribution < -0.4 is 31.8 Å². The first-order valence-corrected chi connectivity index (χ1v) is 16.0. The summed E-state index contributed by atoms with van der Waals surface area (Å²) >= 11 is 0. The molecule has 0 atom stereocenters. The van der Waals surface area contributed by atoms with Crippen molar-refractivity contribution in [1.82, 2.24) is 0 Å². The van der Waals surface area contributed by atoms with E-state index in [4.69, 9.17) is 0 Å². The van der Waals surface area contributed by atoms with Gasteiger partial charge in [0.1, 0.15) is 31.8 Å². The number of rotatable bonds is 6. The van der Waals surface area contributed by atoms with Gasteiger partial charge in [-0.1, -0.05) is 109 Å². The maximum atomic E-state index is 2.24. The van der Waals surface area contributed by atoms with E-state index in [1.807, 2.05) is 0 Å². The molecule has 0 heterocycles. The monoisotopic (exact) mass is 658 g/mol. The zero-order valence-electron chi connectivity index (χ0n) is 23.7. The fourth-order valence-electron chi connectivity index (χ4n) is 4.63. The summed E-state index contributed by atoms with van der Waals surface area (Å²) < 4.78 is 0. The Morgan fingerprint density at radius 2 is 0.341 bits per heavy atom. The molecule has 41 heavy (non-hydrogen) atoms. The molecule has 0 aromatic heterocycles. The van der Waals surface area contributed by atoms with Crippen LogP contribution in [0.5, 0.6) is 0 Å². The molecule has 0 unspecified atom stereocenters. The maximum absolute atomic E-state index is 2.24. The van der Waals surface area contributed by atoms with Gasteiger partial charge in [-0.25, -0.2) is 0 Å². The summed E-state index contributed by atoms with van der Waals surface area (Å²) in [7, 11) is -1.75. The normalized spacial score (nSPS) is 9.80. The molecule has 0 saturated carbocycles. The average molecular weight is 658 g/mol. The van der Waals surface area contributed by atoms with E-state index >= 15 is 0 Å². The van der Waals surface area contributed by atoms with Crippen LogP contribution in [0.15, 0.2) is 182 Å². The Bertz CT molecular complexity index is 1170. The molecule has 6 aromatic rings. The van der Waals surface area contributed by atoms with Crippen LogP contribution >= 0.6 is 15.8 Å². The minimum absolute atomic E-state index is 0. The Morgan fingerprint density at radius 1 is 0.220 bits per heavy atom. The summed E-state index contributed by atoms with van der Waals surface area (Å²) in [6.07, 6.45) is 0. The van der Waals surface area contributed by atoms with Crippen molar-refractivity contribution in [3.05, 3.63) is 197 Å². The van der Waals surface area contributed by atoms with Gasteiger partial charge in [-0.15, -0.1) is 0 Å². The Kier molecular flexibility index (Phi) is 15.2. The molecule has 0 aliphatic carbocycles. The SMILES string of the molecule is [CH3-].[CH3-].[Ru+2].c1ccc([PH+](c2ccccc2)c2ccccc2)cc1.c1ccc([PH+](c2ccccc2)c2ccccc2)cc1. The van der Waals surface area contributed by atoms with Crippen molar-refractivity contribution in [2.24, 2.45) is 0 Å². The van der Waals surface area contributed by atoms with E-state index in [0.29, 0.717) is 0 Å². The average Bonchev–Trinajstić information content (AvgIpc) is 3.01. The number of hydrogen-bond donors (Lipinski definition) is 0. The van der Waals surface area contributed by atoms with Gasteiger partial charge in [-0.2, -0.15) is 0 Å². The third-order valence-corrected chi connectivity index (χ3v) is 11.8. The predicted molar refractivity (Wildman–Crippen MR) is 186 cm³/mol. The number of benzene rings is 6. The molecule has 0 amide bonds. The first-order valence-electron chi connectivity index (χ1n) is 13.0. The van der Waals surface area contributed by atoms with Crippen molar-refractivity contribution in [2.75, 3.05) is 0 Å². The first kappa shape index (κ1) is 34.0. The second-order valence-corrected chi connectivity index (χ2v) is 13.9. The molecule has 6 rings (SSSR count). The minimum Gasteiger partial charge on any atom is -0.358 e. The van der Waals surface area contributed by atoms with Gasteiger partial charge < -0.3 is 14.9 Å². The Balaban J connectivity index is 0.000000267. The van der Waals surface area contributed by atoms with Gasteiger partial charge >= 0.3 is 19.5 Å². The molecule has 3 heteroatoms. The second-order valence-electron chi connectivity index (χ2n) is 8.95. The van der Waals surface area contributed by atoms with Gasteiger partial charge in [0.05, 0.1) is 15.8 Å². The zero-order valence-corrected chi connectivity index (χ0v) is 27.4. The van der Waals surface area contributed by atoms with Crippen LogP contribution in [0.25, 0.3) is 0 Å². The third-order valence-electron chi connectivity index (χ3n) is 6.37. The van der Waals surface area contributed by atoms with Gasteiger partial charge in [-0.05, 0) is 72.8 Å². The van der Waals surface area contributed by atoms with Crippen LogP contribution in [0.3, 0.4) is 0 Å². The molecule has 0 N–H and O–H groups in total.